The lowest BCUT2D eigenvalue weighted by molar-refractivity contribution is -0.137. The van der Waals surface area contributed by atoms with Gasteiger partial charge in [-0.05, 0) is 6.92 Å². The molecule has 0 atom stereocenters. The number of carbonyl (C=O) groups is 2. The van der Waals surface area contributed by atoms with Gasteiger partial charge in [-0.15, -0.1) is 18.2 Å². The van der Waals surface area contributed by atoms with Crippen molar-refractivity contribution < 1.29 is 14.7 Å². The molecule has 0 rings (SSSR count). The summed E-state index contributed by atoms with van der Waals surface area (Å²) in [7, 11) is 0. The summed E-state index contributed by atoms with van der Waals surface area (Å²) >= 11 is 1.54. The second kappa shape index (κ2) is 8.92. The summed E-state index contributed by atoms with van der Waals surface area (Å²) < 4.78 is 0. The van der Waals surface area contributed by atoms with Crippen molar-refractivity contribution in [2.75, 3.05) is 31.1 Å². The normalized spacial score (nSPS) is 9.25. The first-order chi connectivity index (χ1) is 7.61. The lowest BCUT2D eigenvalue weighted by Gasteiger charge is -2.18. The highest BCUT2D eigenvalue weighted by Crippen LogP contribution is 1.96. The number of amides is 2. The minimum Gasteiger partial charge on any atom is -0.480 e. The molecule has 2 amide bonds. The van der Waals surface area contributed by atoms with Gasteiger partial charge in [-0.1, -0.05) is 5.92 Å². The Morgan fingerprint density at radius 2 is 2.25 bits per heavy atom. The van der Waals surface area contributed by atoms with Gasteiger partial charge < -0.3 is 15.3 Å². The minimum absolute atomic E-state index is 0.278. The fourth-order valence-corrected chi connectivity index (χ4v) is 1.47. The molecule has 2 N–H and O–H groups in total. The largest absolute Gasteiger partial charge is 0.480 e. The summed E-state index contributed by atoms with van der Waals surface area (Å²) in [6.45, 7) is 2.31. The molecule has 0 heterocycles. The summed E-state index contributed by atoms with van der Waals surface area (Å²) in [5, 5.41) is 11.2. The predicted octanol–water partition coefficient (Wildman–Crippen LogP) is 0.469. The summed E-state index contributed by atoms with van der Waals surface area (Å²) in [4.78, 5) is 23.1. The van der Waals surface area contributed by atoms with Crippen LogP contribution >= 0.6 is 11.8 Å². The van der Waals surface area contributed by atoms with E-state index in [4.69, 9.17) is 11.5 Å². The first-order valence-corrected chi connectivity index (χ1v) is 6.03. The Morgan fingerprint density at radius 1 is 1.56 bits per heavy atom. The second-order valence-electron chi connectivity index (χ2n) is 2.90. The number of thioether (sulfide) groups is 1. The molecule has 0 unspecified atom stereocenters. The van der Waals surface area contributed by atoms with Crippen LogP contribution in [-0.4, -0.2) is 53.1 Å². The van der Waals surface area contributed by atoms with E-state index >= 15 is 0 Å². The lowest BCUT2D eigenvalue weighted by atomic mass is 10.5. The van der Waals surface area contributed by atoms with E-state index in [1.165, 1.54) is 4.90 Å². The number of hydrogen-bond donors (Lipinski definition) is 2. The smallest absolute Gasteiger partial charge is 0.323 e. The van der Waals surface area contributed by atoms with Gasteiger partial charge in [0.2, 0.25) is 0 Å². The fraction of sp³-hybridized carbons (Fsp3) is 0.600. The molecule has 0 bridgehead atoms. The van der Waals surface area contributed by atoms with Crippen LogP contribution in [0.3, 0.4) is 0 Å². The van der Waals surface area contributed by atoms with Crippen molar-refractivity contribution in [1.29, 1.82) is 0 Å². The molecule has 0 aliphatic heterocycles. The Morgan fingerprint density at radius 3 is 2.75 bits per heavy atom. The molecular formula is C10H16N2O3S. The van der Waals surface area contributed by atoms with E-state index in [0.29, 0.717) is 18.8 Å². The number of rotatable bonds is 7. The average Bonchev–Trinajstić information content (AvgIpc) is 2.25. The Kier molecular flexibility index (Phi) is 8.17. The third-order valence-electron chi connectivity index (χ3n) is 1.70. The molecule has 5 nitrogen and oxygen atoms in total. The number of nitrogens with one attached hydrogen (secondary N) is 1. The fourth-order valence-electron chi connectivity index (χ4n) is 0.964. The number of carbonyl (C=O) groups excluding carboxylic acids is 1. The number of likely N-dealkylation sites (N-methyl/N-ethyl adjacent to an activating group) is 1. The van der Waals surface area contributed by atoms with E-state index in [-0.39, 0.29) is 12.6 Å². The monoisotopic (exact) mass is 244 g/mol. The molecule has 0 aliphatic carbocycles. The maximum Gasteiger partial charge on any atom is 0.323 e. The zero-order valence-electron chi connectivity index (χ0n) is 9.23. The number of aliphatic carboxylic acids is 1. The van der Waals surface area contributed by atoms with Gasteiger partial charge in [-0.25, -0.2) is 4.79 Å². The van der Waals surface area contributed by atoms with Crippen molar-refractivity contribution in [2.24, 2.45) is 0 Å². The summed E-state index contributed by atoms with van der Waals surface area (Å²) in [5.74, 6) is 2.80. The van der Waals surface area contributed by atoms with Gasteiger partial charge in [0.25, 0.3) is 0 Å². The highest BCUT2D eigenvalue weighted by Gasteiger charge is 2.13. The second-order valence-corrected chi connectivity index (χ2v) is 4.00. The quantitative estimate of drug-likeness (QED) is 0.504. The van der Waals surface area contributed by atoms with E-state index < -0.39 is 5.97 Å². The van der Waals surface area contributed by atoms with Gasteiger partial charge >= 0.3 is 12.0 Å². The number of urea groups is 1. The first-order valence-electron chi connectivity index (χ1n) is 4.87. The molecule has 0 radical (unpaired) electrons. The van der Waals surface area contributed by atoms with Gasteiger partial charge in [0, 0.05) is 18.8 Å². The van der Waals surface area contributed by atoms with Crippen molar-refractivity contribution >= 4 is 23.8 Å². The van der Waals surface area contributed by atoms with Crippen molar-refractivity contribution in [1.82, 2.24) is 10.2 Å². The van der Waals surface area contributed by atoms with Crippen LogP contribution in [0.15, 0.2) is 0 Å². The van der Waals surface area contributed by atoms with Gasteiger partial charge in [-0.2, -0.15) is 0 Å². The van der Waals surface area contributed by atoms with Crippen molar-refractivity contribution in [2.45, 2.75) is 6.92 Å². The third-order valence-corrected chi connectivity index (χ3v) is 2.57. The third kappa shape index (κ3) is 7.01. The number of terminal acetylenes is 1. The molecule has 6 heteroatoms. The van der Waals surface area contributed by atoms with Crippen LogP contribution in [0.25, 0.3) is 0 Å². The van der Waals surface area contributed by atoms with E-state index in [2.05, 4.69) is 11.2 Å². The van der Waals surface area contributed by atoms with Crippen LogP contribution in [0, 0.1) is 12.3 Å². The maximum atomic E-state index is 11.4. The molecule has 0 saturated heterocycles. The van der Waals surface area contributed by atoms with Crippen LogP contribution < -0.4 is 5.32 Å². The Labute approximate surface area is 99.6 Å². The molecule has 0 aliphatic rings. The topological polar surface area (TPSA) is 69.6 Å². The van der Waals surface area contributed by atoms with E-state index in [1.54, 1.807) is 18.7 Å². The molecule has 0 fully saturated rings. The highest BCUT2D eigenvalue weighted by molar-refractivity contribution is 7.99. The Balaban J connectivity index is 3.76. The first kappa shape index (κ1) is 14.6. The van der Waals surface area contributed by atoms with E-state index in [9.17, 15) is 9.59 Å². The van der Waals surface area contributed by atoms with Gasteiger partial charge in [0.1, 0.15) is 6.54 Å². The van der Waals surface area contributed by atoms with Crippen LogP contribution in [0.4, 0.5) is 4.79 Å². The number of nitrogens with zero attached hydrogens (tertiary/aromatic N) is 1. The van der Waals surface area contributed by atoms with Gasteiger partial charge in [-0.3, -0.25) is 4.79 Å². The van der Waals surface area contributed by atoms with Gasteiger partial charge in [0.05, 0.1) is 5.75 Å². The van der Waals surface area contributed by atoms with Gasteiger partial charge in [0.15, 0.2) is 0 Å². The zero-order chi connectivity index (χ0) is 12.4. The van der Waals surface area contributed by atoms with Crippen molar-refractivity contribution in [3.8, 4) is 12.3 Å². The van der Waals surface area contributed by atoms with Crippen LogP contribution in [0.1, 0.15) is 6.92 Å². The van der Waals surface area contributed by atoms with Crippen molar-refractivity contribution in [3.05, 3.63) is 0 Å². The lowest BCUT2D eigenvalue weighted by Crippen LogP contribution is -2.43. The molecule has 0 aromatic heterocycles. The Hall–Kier alpha value is -1.35. The molecule has 16 heavy (non-hydrogen) atoms. The maximum absolute atomic E-state index is 11.4. The molecule has 0 saturated carbocycles. The predicted molar refractivity (Wildman–Crippen MR) is 64.4 cm³/mol. The van der Waals surface area contributed by atoms with Crippen LogP contribution in [-0.2, 0) is 4.79 Å². The summed E-state index contributed by atoms with van der Waals surface area (Å²) in [5.41, 5.74) is 0. The number of carboxylic acids is 1. The molecule has 0 spiro atoms. The average molecular weight is 244 g/mol. The molecule has 0 aromatic rings. The van der Waals surface area contributed by atoms with Crippen LogP contribution in [0.5, 0.6) is 0 Å². The SMILES string of the molecule is C#CCSCCNC(=O)N(CC)CC(=O)O. The summed E-state index contributed by atoms with van der Waals surface area (Å²) in [6, 6.07) is -0.355. The molecular weight excluding hydrogens is 228 g/mol. The van der Waals surface area contributed by atoms with Crippen molar-refractivity contribution in [3.63, 3.8) is 0 Å². The van der Waals surface area contributed by atoms with E-state index in [1.807, 2.05) is 0 Å². The summed E-state index contributed by atoms with van der Waals surface area (Å²) in [6.07, 6.45) is 5.06. The number of carboxylic acid groups (broad SMARTS) is 1. The highest BCUT2D eigenvalue weighted by atomic mass is 32.2. The molecule has 0 aromatic carbocycles. The zero-order valence-corrected chi connectivity index (χ0v) is 10.0. The standard InChI is InChI=1S/C10H16N2O3S/c1-3-6-16-7-5-11-10(15)12(4-2)8-9(13)14/h1H,4-8H2,2H3,(H,11,15)(H,13,14). The minimum atomic E-state index is -1.02. The van der Waals surface area contributed by atoms with E-state index in [0.717, 1.165) is 5.75 Å². The number of hydrogen-bond acceptors (Lipinski definition) is 3. The Bertz CT molecular complexity index is 276. The molecule has 90 valence electrons. The van der Waals surface area contributed by atoms with Crippen LogP contribution in [0.2, 0.25) is 0 Å².